The van der Waals surface area contributed by atoms with Gasteiger partial charge in [0, 0.05) is 22.4 Å². The third-order valence-corrected chi connectivity index (χ3v) is 2.98. The Morgan fingerprint density at radius 1 is 0.483 bits per heavy atom. The fourth-order valence-electron chi connectivity index (χ4n) is 1.32. The van der Waals surface area contributed by atoms with Crippen LogP contribution in [0.3, 0.4) is 0 Å². The van der Waals surface area contributed by atoms with Gasteiger partial charge >= 0.3 is 11.9 Å². The fraction of sp³-hybridized carbons (Fsp3) is 0.667. The number of rotatable bonds is 10. The van der Waals surface area contributed by atoms with Gasteiger partial charge in [0.05, 0.1) is 11.9 Å². The van der Waals surface area contributed by atoms with Crippen LogP contribution in [-0.2, 0) is 41.6 Å². The summed E-state index contributed by atoms with van der Waals surface area (Å²) in [7, 11) is 0. The molecule has 29 heavy (non-hydrogen) atoms. The normalized spacial score (nSPS) is 18.8. The first-order chi connectivity index (χ1) is 12.6. The summed E-state index contributed by atoms with van der Waals surface area (Å²) in [5, 5.41) is 106. The van der Waals surface area contributed by atoms with Crippen LogP contribution in [0, 0.1) is 0 Å². The maximum Gasteiger partial charge on any atom is 0.335 e. The number of carbonyl (C=O) groups is 4. The number of carbonyl (C=O) groups excluding carboxylic acids is 2. The van der Waals surface area contributed by atoms with Crippen LogP contribution >= 0.6 is 0 Å². The van der Waals surface area contributed by atoms with E-state index in [2.05, 4.69) is 0 Å². The Morgan fingerprint density at radius 3 is 0.793 bits per heavy atom. The number of aliphatic hydroxyl groups is 8. The van der Waals surface area contributed by atoms with Gasteiger partial charge in [-0.3, -0.25) is 0 Å². The van der Waals surface area contributed by atoms with E-state index in [4.69, 9.17) is 51.1 Å². The molecule has 0 aromatic carbocycles. The molecule has 0 fully saturated rings. The van der Waals surface area contributed by atoms with Gasteiger partial charge in [0.15, 0.2) is 12.2 Å². The van der Waals surface area contributed by atoms with E-state index >= 15 is 0 Å². The van der Waals surface area contributed by atoms with Crippen molar-refractivity contribution in [3.63, 3.8) is 0 Å². The summed E-state index contributed by atoms with van der Waals surface area (Å²) in [4.78, 5) is 40.1. The van der Waals surface area contributed by atoms with Crippen molar-refractivity contribution in [1.82, 2.24) is 0 Å². The van der Waals surface area contributed by atoms with E-state index < -0.39 is 72.7 Å². The Hall–Kier alpha value is -1.70. The Bertz CT molecular complexity index is 458. The van der Waals surface area contributed by atoms with Crippen molar-refractivity contribution in [2.75, 3.05) is 0 Å². The molecular weight excluding hydrogens is 508 g/mol. The van der Waals surface area contributed by atoms with Gasteiger partial charge in [-0.05, 0) is 0 Å². The zero-order valence-electron chi connectivity index (χ0n) is 13.8. The average molecular weight is 526 g/mol. The van der Waals surface area contributed by atoms with Crippen LogP contribution < -0.4 is 10.2 Å². The minimum absolute atomic E-state index is 0. The van der Waals surface area contributed by atoms with Gasteiger partial charge in [0.2, 0.25) is 0 Å². The molecule has 8 atom stereocenters. The van der Waals surface area contributed by atoms with Gasteiger partial charge in [-0.2, -0.15) is 0 Å². The maximum atomic E-state index is 10.1. The molecule has 0 spiro atoms. The second-order valence-electron chi connectivity index (χ2n) is 5.06. The molecule has 175 valence electrons. The molecule has 0 aliphatic rings. The Labute approximate surface area is 176 Å². The first-order valence-electron chi connectivity index (χ1n) is 6.89. The number of carboxylic acids is 4. The summed E-state index contributed by atoms with van der Waals surface area (Å²) in [6, 6.07) is 0. The predicted octanol–water partition coefficient (Wildman–Crippen LogP) is -9.47. The molecule has 0 bridgehead atoms. The fourth-order valence-corrected chi connectivity index (χ4v) is 1.32. The van der Waals surface area contributed by atoms with Crippen LogP contribution in [0.1, 0.15) is 0 Å². The van der Waals surface area contributed by atoms with Crippen LogP contribution in [0.25, 0.3) is 0 Å². The molecule has 0 rings (SSSR count). The Balaban J connectivity index is -0.000000451. The first-order valence-corrected chi connectivity index (χ1v) is 6.89. The van der Waals surface area contributed by atoms with E-state index in [1.54, 1.807) is 0 Å². The average Bonchev–Trinajstić information content (AvgIpc) is 2.62. The van der Waals surface area contributed by atoms with Gasteiger partial charge < -0.3 is 70.9 Å². The molecule has 0 saturated carbocycles. The SMILES string of the molecule is O=C(O)[C@@H](O)[C@H](O)[C@H](O)[C@@H](O)C(=O)O.O=C([O-])[C@@H](O)[C@H](O)[C@H](O)[C@@H](O)C(=O)[O-].[Ag]. The van der Waals surface area contributed by atoms with Crippen molar-refractivity contribution in [3.8, 4) is 0 Å². The summed E-state index contributed by atoms with van der Waals surface area (Å²) in [5.74, 6) is -7.90. The van der Waals surface area contributed by atoms with Gasteiger partial charge in [-0.25, -0.2) is 9.59 Å². The smallest absolute Gasteiger partial charge is 0.335 e. The van der Waals surface area contributed by atoms with E-state index in [0.717, 1.165) is 0 Å². The molecule has 0 aromatic rings. The summed E-state index contributed by atoms with van der Waals surface area (Å²) in [6.07, 6.45) is -19.0. The Morgan fingerprint density at radius 2 is 0.655 bits per heavy atom. The van der Waals surface area contributed by atoms with Crippen molar-refractivity contribution in [2.24, 2.45) is 0 Å². The molecule has 0 aromatic heterocycles. The van der Waals surface area contributed by atoms with Crippen LogP contribution in [0.4, 0.5) is 0 Å². The molecule has 16 nitrogen and oxygen atoms in total. The van der Waals surface area contributed by atoms with Crippen LogP contribution in [0.15, 0.2) is 0 Å². The number of hydrogen-bond donors (Lipinski definition) is 10. The molecule has 0 heterocycles. The maximum absolute atomic E-state index is 10.1. The van der Waals surface area contributed by atoms with Crippen molar-refractivity contribution in [1.29, 1.82) is 0 Å². The van der Waals surface area contributed by atoms with Crippen LogP contribution in [0.2, 0.25) is 0 Å². The van der Waals surface area contributed by atoms with Crippen molar-refractivity contribution < 1.29 is 103 Å². The molecule has 17 heteroatoms. The van der Waals surface area contributed by atoms with Crippen LogP contribution in [-0.4, -0.2) is 124 Å². The van der Waals surface area contributed by atoms with Gasteiger partial charge in [0.25, 0.3) is 0 Å². The van der Waals surface area contributed by atoms with E-state index in [0.29, 0.717) is 0 Å². The largest absolute Gasteiger partial charge is 0.547 e. The van der Waals surface area contributed by atoms with E-state index in [-0.39, 0.29) is 22.4 Å². The molecular formula is C12H18AgO16-2. The summed E-state index contributed by atoms with van der Waals surface area (Å²) < 4.78 is 0. The quantitative estimate of drug-likeness (QED) is 0.118. The minimum Gasteiger partial charge on any atom is -0.547 e. The van der Waals surface area contributed by atoms with Crippen molar-refractivity contribution in [3.05, 3.63) is 0 Å². The predicted molar refractivity (Wildman–Crippen MR) is 73.3 cm³/mol. The van der Waals surface area contributed by atoms with E-state index in [1.807, 2.05) is 0 Å². The second kappa shape index (κ2) is 14.3. The second-order valence-corrected chi connectivity index (χ2v) is 5.06. The molecule has 0 saturated heterocycles. The topological polar surface area (TPSA) is 317 Å². The molecule has 0 amide bonds. The molecule has 0 aliphatic carbocycles. The van der Waals surface area contributed by atoms with Gasteiger partial charge in [-0.15, -0.1) is 0 Å². The number of carboxylic acid groups (broad SMARTS) is 4. The third kappa shape index (κ3) is 10.6. The number of aliphatic hydroxyl groups excluding tert-OH is 8. The Kier molecular flexibility index (Phi) is 15.8. The van der Waals surface area contributed by atoms with Gasteiger partial charge in [-0.1, -0.05) is 0 Å². The molecule has 0 unspecified atom stereocenters. The minimum atomic E-state index is -2.50. The standard InChI is InChI=1S/2C6H10O8.Ag/c2*7-1(3(9)5(11)12)2(8)4(10)6(13)14;/h2*1-4,7-10H,(H,11,12)(H,13,14);/p-2/t2*1-,2+,3+,4-;. The van der Waals surface area contributed by atoms with E-state index in [9.17, 15) is 29.4 Å². The summed E-state index contributed by atoms with van der Waals surface area (Å²) in [6.45, 7) is 0. The number of aliphatic carboxylic acids is 4. The monoisotopic (exact) mass is 525 g/mol. The zero-order chi connectivity index (χ0) is 22.9. The van der Waals surface area contributed by atoms with Crippen molar-refractivity contribution in [2.45, 2.75) is 48.8 Å². The third-order valence-electron chi connectivity index (χ3n) is 2.98. The van der Waals surface area contributed by atoms with E-state index in [1.165, 1.54) is 0 Å². The summed E-state index contributed by atoms with van der Waals surface area (Å²) >= 11 is 0. The molecule has 0 aliphatic heterocycles. The molecule has 10 N–H and O–H groups in total. The molecule has 1 radical (unpaired) electrons. The summed E-state index contributed by atoms with van der Waals surface area (Å²) in [5.41, 5.74) is 0. The van der Waals surface area contributed by atoms with Crippen molar-refractivity contribution >= 4 is 23.9 Å². The van der Waals surface area contributed by atoms with Gasteiger partial charge in [0.1, 0.15) is 36.6 Å². The number of hydrogen-bond acceptors (Lipinski definition) is 14. The van der Waals surface area contributed by atoms with Crippen LogP contribution in [0.5, 0.6) is 0 Å². The zero-order valence-corrected chi connectivity index (χ0v) is 15.3. The first kappa shape index (κ1) is 32.0.